The molecule has 2 amide bonds. The van der Waals surface area contributed by atoms with Gasteiger partial charge in [-0.25, -0.2) is 0 Å². The monoisotopic (exact) mass is 355 g/mol. The third-order valence-electron chi connectivity index (χ3n) is 6.61. The zero-order chi connectivity index (χ0) is 18.3. The smallest absolute Gasteiger partial charge is 0.225 e. The van der Waals surface area contributed by atoms with Gasteiger partial charge in [0.2, 0.25) is 11.8 Å². The van der Waals surface area contributed by atoms with Gasteiger partial charge in [0.15, 0.2) is 0 Å². The summed E-state index contributed by atoms with van der Waals surface area (Å²) in [4.78, 5) is 33.6. The lowest BCUT2D eigenvalue weighted by molar-refractivity contribution is -0.143. The molecule has 2 aliphatic heterocycles. The molecule has 1 aromatic heterocycles. The average molecular weight is 355 g/mol. The highest BCUT2D eigenvalue weighted by Crippen LogP contribution is 2.43. The first kappa shape index (κ1) is 17.5. The van der Waals surface area contributed by atoms with E-state index >= 15 is 0 Å². The van der Waals surface area contributed by atoms with Crippen molar-refractivity contribution in [3.63, 3.8) is 0 Å². The molecule has 1 spiro atoms. The summed E-state index contributed by atoms with van der Waals surface area (Å²) in [5.74, 6) is 1.45. The Morgan fingerprint density at radius 3 is 2.65 bits per heavy atom. The summed E-state index contributed by atoms with van der Waals surface area (Å²) in [6, 6.07) is 5.99. The lowest BCUT2D eigenvalue weighted by Crippen LogP contribution is -2.52. The average Bonchev–Trinajstić information content (AvgIpc) is 3.35. The van der Waals surface area contributed by atoms with Crippen LogP contribution in [0.3, 0.4) is 0 Å². The Kier molecular flexibility index (Phi) is 4.49. The van der Waals surface area contributed by atoms with Crippen LogP contribution < -0.4 is 0 Å². The van der Waals surface area contributed by atoms with Crippen LogP contribution in [0.15, 0.2) is 18.2 Å². The van der Waals surface area contributed by atoms with Gasteiger partial charge in [0.25, 0.3) is 0 Å². The number of carbonyl (C=O) groups is 2. The van der Waals surface area contributed by atoms with Crippen LogP contribution in [0.4, 0.5) is 0 Å². The normalized spacial score (nSPS) is 27.7. The second-order valence-corrected chi connectivity index (χ2v) is 8.66. The van der Waals surface area contributed by atoms with Crippen molar-refractivity contribution in [3.8, 4) is 0 Å². The molecule has 3 aliphatic rings. The van der Waals surface area contributed by atoms with E-state index in [2.05, 4.69) is 16.8 Å². The van der Waals surface area contributed by atoms with Gasteiger partial charge in [0, 0.05) is 37.7 Å². The minimum absolute atomic E-state index is 0.184. The van der Waals surface area contributed by atoms with E-state index in [0.29, 0.717) is 24.8 Å². The summed E-state index contributed by atoms with van der Waals surface area (Å²) in [7, 11) is 0. The van der Waals surface area contributed by atoms with Crippen LogP contribution in [-0.2, 0) is 16.1 Å². The molecule has 3 fully saturated rings. The van der Waals surface area contributed by atoms with Crippen LogP contribution in [-0.4, -0.2) is 46.2 Å². The third-order valence-corrected chi connectivity index (χ3v) is 6.61. The molecule has 0 aromatic carbocycles. The van der Waals surface area contributed by atoms with E-state index in [-0.39, 0.29) is 17.2 Å². The maximum atomic E-state index is 12.5. The van der Waals surface area contributed by atoms with E-state index in [1.54, 1.807) is 0 Å². The van der Waals surface area contributed by atoms with Gasteiger partial charge in [-0.2, -0.15) is 0 Å². The SMILES string of the molecule is Cc1cccc(CN2CC3(CCC2=O)CCN(C(=O)[C@@H]2C[C@H]2C)CC3)n1. The highest BCUT2D eigenvalue weighted by molar-refractivity contribution is 5.81. The van der Waals surface area contributed by atoms with Crippen LogP contribution >= 0.6 is 0 Å². The van der Waals surface area contributed by atoms with Gasteiger partial charge in [0.1, 0.15) is 0 Å². The number of aromatic nitrogens is 1. The van der Waals surface area contributed by atoms with E-state index in [4.69, 9.17) is 0 Å². The van der Waals surface area contributed by atoms with E-state index in [1.807, 2.05) is 30.0 Å². The van der Waals surface area contributed by atoms with Crippen molar-refractivity contribution in [2.75, 3.05) is 19.6 Å². The third kappa shape index (κ3) is 3.49. The number of carbonyl (C=O) groups excluding carboxylic acids is 2. The topological polar surface area (TPSA) is 53.5 Å². The molecule has 0 bridgehead atoms. The largest absolute Gasteiger partial charge is 0.342 e. The number of aryl methyl sites for hydroxylation is 1. The van der Waals surface area contributed by atoms with E-state index in [0.717, 1.165) is 56.7 Å². The summed E-state index contributed by atoms with van der Waals surface area (Å²) in [6.07, 6.45) is 4.69. The number of rotatable bonds is 3. The van der Waals surface area contributed by atoms with Gasteiger partial charge in [-0.05, 0) is 56.1 Å². The van der Waals surface area contributed by atoms with Crippen LogP contribution in [0.25, 0.3) is 0 Å². The minimum Gasteiger partial charge on any atom is -0.342 e. The quantitative estimate of drug-likeness (QED) is 0.838. The van der Waals surface area contributed by atoms with Gasteiger partial charge < -0.3 is 9.80 Å². The Morgan fingerprint density at radius 2 is 2.00 bits per heavy atom. The zero-order valence-corrected chi connectivity index (χ0v) is 15.9. The zero-order valence-electron chi connectivity index (χ0n) is 15.9. The molecule has 26 heavy (non-hydrogen) atoms. The Morgan fingerprint density at radius 1 is 1.27 bits per heavy atom. The van der Waals surface area contributed by atoms with Crippen molar-refractivity contribution in [1.29, 1.82) is 0 Å². The van der Waals surface area contributed by atoms with Crippen LogP contribution in [0.2, 0.25) is 0 Å². The Balaban J connectivity index is 1.38. The number of amides is 2. The van der Waals surface area contributed by atoms with E-state index in [1.165, 1.54) is 0 Å². The summed E-state index contributed by atoms with van der Waals surface area (Å²) < 4.78 is 0. The van der Waals surface area contributed by atoms with Crippen LogP contribution in [0.5, 0.6) is 0 Å². The number of piperidine rings is 2. The number of hydrogen-bond acceptors (Lipinski definition) is 3. The summed E-state index contributed by atoms with van der Waals surface area (Å²) in [5, 5.41) is 0. The van der Waals surface area contributed by atoms with Gasteiger partial charge in [-0.15, -0.1) is 0 Å². The molecule has 0 radical (unpaired) electrons. The molecule has 0 unspecified atom stereocenters. The van der Waals surface area contributed by atoms with Crippen LogP contribution in [0.1, 0.15) is 50.4 Å². The van der Waals surface area contributed by atoms with Gasteiger partial charge in [-0.1, -0.05) is 13.0 Å². The number of pyridine rings is 1. The Hall–Kier alpha value is -1.91. The molecule has 140 valence electrons. The number of nitrogens with zero attached hydrogens (tertiary/aromatic N) is 3. The fraction of sp³-hybridized carbons (Fsp3) is 0.667. The second kappa shape index (κ2) is 6.67. The first-order chi connectivity index (χ1) is 12.5. The van der Waals surface area contributed by atoms with Crippen LogP contribution in [0, 0.1) is 24.2 Å². The fourth-order valence-electron chi connectivity index (χ4n) is 4.64. The number of hydrogen-bond donors (Lipinski definition) is 0. The van der Waals surface area contributed by atoms with Crippen molar-refractivity contribution < 1.29 is 9.59 Å². The lowest BCUT2D eigenvalue weighted by Gasteiger charge is -2.47. The predicted molar refractivity (Wildman–Crippen MR) is 99.1 cm³/mol. The molecule has 5 heteroatoms. The number of likely N-dealkylation sites (tertiary alicyclic amines) is 2. The molecule has 1 aliphatic carbocycles. The molecule has 2 saturated heterocycles. The Bertz CT molecular complexity index is 709. The van der Waals surface area contributed by atoms with Crippen molar-refractivity contribution in [3.05, 3.63) is 29.6 Å². The fourth-order valence-corrected chi connectivity index (χ4v) is 4.64. The standard InChI is InChI=1S/C21H29N3O2/c1-15-12-18(15)20(26)23-10-8-21(9-11-23)7-6-19(25)24(14-21)13-17-5-3-4-16(2)22-17/h3-5,15,18H,6-14H2,1-2H3/t15-,18-/m1/s1. The summed E-state index contributed by atoms with van der Waals surface area (Å²) >= 11 is 0. The maximum Gasteiger partial charge on any atom is 0.225 e. The Labute approximate surface area is 155 Å². The molecule has 0 N–H and O–H groups in total. The maximum absolute atomic E-state index is 12.5. The molecule has 1 saturated carbocycles. The summed E-state index contributed by atoms with van der Waals surface area (Å²) in [6.45, 7) is 7.27. The van der Waals surface area contributed by atoms with Gasteiger partial charge in [-0.3, -0.25) is 14.6 Å². The van der Waals surface area contributed by atoms with Crippen molar-refractivity contribution >= 4 is 11.8 Å². The van der Waals surface area contributed by atoms with E-state index < -0.39 is 0 Å². The predicted octanol–water partition coefficient (Wildman–Crippen LogP) is 2.78. The first-order valence-corrected chi connectivity index (χ1v) is 9.95. The lowest BCUT2D eigenvalue weighted by atomic mass is 9.72. The highest BCUT2D eigenvalue weighted by atomic mass is 16.2. The minimum atomic E-state index is 0.184. The van der Waals surface area contributed by atoms with Gasteiger partial charge in [0.05, 0.1) is 12.2 Å². The molecule has 2 atom stereocenters. The summed E-state index contributed by atoms with van der Waals surface area (Å²) in [5.41, 5.74) is 2.14. The first-order valence-electron chi connectivity index (χ1n) is 9.95. The second-order valence-electron chi connectivity index (χ2n) is 8.66. The molecule has 4 rings (SSSR count). The molecule has 5 nitrogen and oxygen atoms in total. The molecular weight excluding hydrogens is 326 g/mol. The molecule has 3 heterocycles. The molecule has 1 aromatic rings. The van der Waals surface area contributed by atoms with Crippen molar-refractivity contribution in [2.45, 2.75) is 52.5 Å². The molecular formula is C21H29N3O2. The van der Waals surface area contributed by atoms with Crippen molar-refractivity contribution in [2.24, 2.45) is 17.3 Å². The highest BCUT2D eigenvalue weighted by Gasteiger charge is 2.45. The van der Waals surface area contributed by atoms with E-state index in [9.17, 15) is 9.59 Å². The van der Waals surface area contributed by atoms with Crippen molar-refractivity contribution in [1.82, 2.24) is 14.8 Å². The van der Waals surface area contributed by atoms with Gasteiger partial charge >= 0.3 is 0 Å².